The summed E-state index contributed by atoms with van der Waals surface area (Å²) in [5.74, 6) is 1.29. The van der Waals surface area contributed by atoms with Crippen LogP contribution in [0.25, 0.3) is 16.7 Å². The monoisotopic (exact) mass is 492 g/mol. The van der Waals surface area contributed by atoms with Crippen molar-refractivity contribution in [1.82, 2.24) is 24.6 Å². The number of carbonyl (C=O) groups excluding carboxylic acids is 1. The lowest BCUT2D eigenvalue weighted by atomic mass is 10.1. The Kier molecular flexibility index (Phi) is 6.38. The standard InChI is InChI=1S/C26H26ClFN6O/c1-3-4-22-29-24(23-17(2)31-34(25(23)30-22)21-11-9-20(28)10-12-21)32-13-15-33(16-14-32)26(35)18-5-7-19(27)8-6-18/h5-12H,3-4,13-16H2,1-2H3. The predicted octanol–water partition coefficient (Wildman–Crippen LogP) is 4.83. The van der Waals surface area contributed by atoms with E-state index in [9.17, 15) is 9.18 Å². The lowest BCUT2D eigenvalue weighted by molar-refractivity contribution is 0.0746. The molecular formula is C26H26ClFN6O. The van der Waals surface area contributed by atoms with Gasteiger partial charge in [-0.25, -0.2) is 19.0 Å². The maximum atomic E-state index is 13.5. The highest BCUT2D eigenvalue weighted by Gasteiger charge is 2.27. The van der Waals surface area contributed by atoms with E-state index in [4.69, 9.17) is 26.7 Å². The Morgan fingerprint density at radius 3 is 2.34 bits per heavy atom. The highest BCUT2D eigenvalue weighted by molar-refractivity contribution is 6.30. The van der Waals surface area contributed by atoms with E-state index in [-0.39, 0.29) is 11.7 Å². The first-order valence-electron chi connectivity index (χ1n) is 11.8. The molecule has 2 aromatic carbocycles. The van der Waals surface area contributed by atoms with Crippen molar-refractivity contribution in [3.05, 3.63) is 76.5 Å². The first kappa shape index (κ1) is 23.2. The average molecular weight is 493 g/mol. The quantitative estimate of drug-likeness (QED) is 0.399. The van der Waals surface area contributed by atoms with Crippen LogP contribution in [0.15, 0.2) is 48.5 Å². The summed E-state index contributed by atoms with van der Waals surface area (Å²) in [6.45, 7) is 6.50. The highest BCUT2D eigenvalue weighted by atomic mass is 35.5. The van der Waals surface area contributed by atoms with Crippen LogP contribution < -0.4 is 4.90 Å². The van der Waals surface area contributed by atoms with Gasteiger partial charge in [-0.15, -0.1) is 0 Å². The fraction of sp³-hybridized carbons (Fsp3) is 0.308. The van der Waals surface area contributed by atoms with E-state index < -0.39 is 0 Å². The molecule has 1 aliphatic rings. The summed E-state index contributed by atoms with van der Waals surface area (Å²) in [4.78, 5) is 26.8. The molecule has 7 nitrogen and oxygen atoms in total. The van der Waals surface area contributed by atoms with Crippen LogP contribution in [-0.2, 0) is 6.42 Å². The lowest BCUT2D eigenvalue weighted by Gasteiger charge is -2.35. The van der Waals surface area contributed by atoms with E-state index in [1.165, 1.54) is 12.1 Å². The van der Waals surface area contributed by atoms with Crippen molar-refractivity contribution in [3.63, 3.8) is 0 Å². The van der Waals surface area contributed by atoms with Gasteiger partial charge in [0.2, 0.25) is 0 Å². The molecule has 5 rings (SSSR count). The summed E-state index contributed by atoms with van der Waals surface area (Å²) in [5.41, 5.74) is 2.90. The number of amides is 1. The Morgan fingerprint density at radius 2 is 1.69 bits per heavy atom. The second kappa shape index (κ2) is 9.62. The third-order valence-corrected chi connectivity index (χ3v) is 6.48. The molecule has 0 unspecified atom stereocenters. The molecule has 0 bridgehead atoms. The van der Waals surface area contributed by atoms with Crippen molar-refractivity contribution in [1.29, 1.82) is 0 Å². The normalized spacial score (nSPS) is 14.1. The van der Waals surface area contributed by atoms with Gasteiger partial charge < -0.3 is 9.80 Å². The third-order valence-electron chi connectivity index (χ3n) is 6.23. The summed E-state index contributed by atoms with van der Waals surface area (Å²) in [5, 5.41) is 6.22. The van der Waals surface area contributed by atoms with Crippen LogP contribution in [0.4, 0.5) is 10.2 Å². The Morgan fingerprint density at radius 1 is 1.00 bits per heavy atom. The Hall–Kier alpha value is -3.52. The Balaban J connectivity index is 1.46. The molecule has 0 N–H and O–H groups in total. The number of benzene rings is 2. The molecular weight excluding hydrogens is 467 g/mol. The third kappa shape index (κ3) is 4.58. The van der Waals surface area contributed by atoms with Crippen LogP contribution in [-0.4, -0.2) is 56.7 Å². The topological polar surface area (TPSA) is 67.2 Å². The van der Waals surface area contributed by atoms with Gasteiger partial charge in [0.05, 0.1) is 16.8 Å². The number of halogens is 2. The van der Waals surface area contributed by atoms with Gasteiger partial charge in [-0.05, 0) is 61.9 Å². The van der Waals surface area contributed by atoms with Crippen LogP contribution in [0, 0.1) is 12.7 Å². The van der Waals surface area contributed by atoms with Crippen molar-refractivity contribution >= 4 is 34.4 Å². The number of carbonyl (C=O) groups is 1. The van der Waals surface area contributed by atoms with Gasteiger partial charge in [0, 0.05) is 43.2 Å². The first-order valence-corrected chi connectivity index (χ1v) is 12.1. The minimum absolute atomic E-state index is 0.00105. The van der Waals surface area contributed by atoms with Gasteiger partial charge in [0.15, 0.2) is 5.65 Å². The molecule has 4 aromatic rings. The molecule has 1 aliphatic heterocycles. The van der Waals surface area contributed by atoms with Gasteiger partial charge in [-0.2, -0.15) is 5.10 Å². The second-order valence-electron chi connectivity index (χ2n) is 8.67. The van der Waals surface area contributed by atoms with E-state index in [0.717, 1.165) is 41.3 Å². The zero-order chi connectivity index (χ0) is 24.5. The van der Waals surface area contributed by atoms with Crippen molar-refractivity contribution < 1.29 is 9.18 Å². The van der Waals surface area contributed by atoms with E-state index >= 15 is 0 Å². The number of aryl methyl sites for hydroxylation is 2. The predicted molar refractivity (Wildman–Crippen MR) is 135 cm³/mol. The van der Waals surface area contributed by atoms with Crippen molar-refractivity contribution in [2.45, 2.75) is 26.7 Å². The summed E-state index contributed by atoms with van der Waals surface area (Å²) in [6, 6.07) is 13.2. The minimum Gasteiger partial charge on any atom is -0.352 e. The number of piperazine rings is 1. The van der Waals surface area contributed by atoms with Crippen molar-refractivity contribution in [2.75, 3.05) is 31.1 Å². The molecule has 3 heterocycles. The van der Waals surface area contributed by atoms with Crippen LogP contribution in [0.2, 0.25) is 5.02 Å². The SMILES string of the molecule is CCCc1nc(N2CCN(C(=O)c3ccc(Cl)cc3)CC2)c2c(C)nn(-c3ccc(F)cc3)c2n1. The molecule has 2 aromatic heterocycles. The molecule has 0 spiro atoms. The van der Waals surface area contributed by atoms with Crippen LogP contribution in [0.5, 0.6) is 0 Å². The zero-order valence-electron chi connectivity index (χ0n) is 19.7. The lowest BCUT2D eigenvalue weighted by Crippen LogP contribution is -2.49. The summed E-state index contributed by atoms with van der Waals surface area (Å²) < 4.78 is 15.3. The second-order valence-corrected chi connectivity index (χ2v) is 9.11. The van der Waals surface area contributed by atoms with Gasteiger partial charge in [0.25, 0.3) is 5.91 Å². The number of hydrogen-bond acceptors (Lipinski definition) is 5. The summed E-state index contributed by atoms with van der Waals surface area (Å²) in [6.07, 6.45) is 1.66. The number of nitrogens with zero attached hydrogens (tertiary/aromatic N) is 6. The number of rotatable bonds is 5. The number of hydrogen-bond donors (Lipinski definition) is 0. The molecule has 1 amide bonds. The van der Waals surface area contributed by atoms with Crippen molar-refractivity contribution in [3.8, 4) is 5.69 Å². The summed E-state index contributed by atoms with van der Waals surface area (Å²) in [7, 11) is 0. The minimum atomic E-state index is -0.296. The smallest absolute Gasteiger partial charge is 0.253 e. The fourth-order valence-electron chi connectivity index (χ4n) is 4.43. The van der Waals surface area contributed by atoms with Gasteiger partial charge in [-0.1, -0.05) is 18.5 Å². The molecule has 0 aliphatic carbocycles. The number of fused-ring (bicyclic) bond motifs is 1. The summed E-state index contributed by atoms with van der Waals surface area (Å²) >= 11 is 5.97. The Bertz CT molecular complexity index is 1360. The average Bonchev–Trinajstić information content (AvgIpc) is 3.20. The van der Waals surface area contributed by atoms with E-state index in [1.54, 1.807) is 41.1 Å². The van der Waals surface area contributed by atoms with Gasteiger partial charge in [0.1, 0.15) is 17.5 Å². The molecule has 0 atom stereocenters. The van der Waals surface area contributed by atoms with E-state index in [0.29, 0.717) is 42.4 Å². The molecule has 0 saturated carbocycles. The van der Waals surface area contributed by atoms with Crippen LogP contribution in [0.1, 0.15) is 35.2 Å². The maximum absolute atomic E-state index is 13.5. The number of anilines is 1. The Labute approximate surface area is 208 Å². The van der Waals surface area contributed by atoms with Crippen molar-refractivity contribution in [2.24, 2.45) is 0 Å². The first-order chi connectivity index (χ1) is 16.9. The molecule has 9 heteroatoms. The van der Waals surface area contributed by atoms with Gasteiger partial charge >= 0.3 is 0 Å². The fourth-order valence-corrected chi connectivity index (χ4v) is 4.55. The molecule has 35 heavy (non-hydrogen) atoms. The van der Waals surface area contributed by atoms with E-state index in [2.05, 4.69) is 11.8 Å². The van der Waals surface area contributed by atoms with Crippen LogP contribution in [0.3, 0.4) is 0 Å². The highest BCUT2D eigenvalue weighted by Crippen LogP contribution is 2.30. The molecule has 0 radical (unpaired) electrons. The van der Waals surface area contributed by atoms with Gasteiger partial charge in [-0.3, -0.25) is 4.79 Å². The molecule has 1 fully saturated rings. The zero-order valence-corrected chi connectivity index (χ0v) is 20.5. The van der Waals surface area contributed by atoms with Crippen LogP contribution >= 0.6 is 11.6 Å². The maximum Gasteiger partial charge on any atom is 0.253 e. The molecule has 1 saturated heterocycles. The number of aromatic nitrogens is 4. The van der Waals surface area contributed by atoms with E-state index in [1.807, 2.05) is 11.8 Å². The largest absolute Gasteiger partial charge is 0.352 e. The molecule has 180 valence electrons.